The van der Waals surface area contributed by atoms with Crippen LogP contribution in [-0.4, -0.2) is 17.5 Å². The van der Waals surface area contributed by atoms with Crippen molar-refractivity contribution in [1.29, 1.82) is 0 Å². The predicted octanol–water partition coefficient (Wildman–Crippen LogP) is 3.08. The van der Waals surface area contributed by atoms with Crippen LogP contribution in [0.5, 0.6) is 0 Å². The number of carbonyl (C=O) groups excluding carboxylic acids is 3. The lowest BCUT2D eigenvalue weighted by Gasteiger charge is -2.10. The van der Waals surface area contributed by atoms with Gasteiger partial charge in [-0.25, -0.2) is 0 Å². The highest BCUT2D eigenvalue weighted by atomic mass is 16.1. The molecule has 4 heteroatoms. The molecule has 0 aliphatic heterocycles. The number of nitrogens with one attached hydrogen (secondary N) is 1. The maximum atomic E-state index is 12.7. The summed E-state index contributed by atoms with van der Waals surface area (Å²) in [5, 5.41) is 2.63. The molecule has 0 aliphatic rings. The summed E-state index contributed by atoms with van der Waals surface area (Å²) in [4.78, 5) is 35.5. The smallest absolute Gasteiger partial charge is 0.221 e. The van der Waals surface area contributed by atoms with Gasteiger partial charge in [0.15, 0.2) is 11.6 Å². The lowest BCUT2D eigenvalue weighted by atomic mass is 9.95. The lowest BCUT2D eigenvalue weighted by molar-refractivity contribution is -0.114. The summed E-state index contributed by atoms with van der Waals surface area (Å²) in [6.45, 7) is 2.80. The molecule has 4 nitrogen and oxygen atoms in total. The van der Waals surface area contributed by atoms with Gasteiger partial charge in [-0.1, -0.05) is 36.4 Å². The minimum Gasteiger partial charge on any atom is -0.326 e. The number of ketones is 2. The number of anilines is 1. The van der Waals surface area contributed by atoms with E-state index in [4.69, 9.17) is 0 Å². The molecule has 0 fully saturated rings. The van der Waals surface area contributed by atoms with Gasteiger partial charge in [-0.05, 0) is 19.1 Å². The van der Waals surface area contributed by atoms with Gasteiger partial charge in [0.2, 0.25) is 5.91 Å². The Kier molecular flexibility index (Phi) is 4.28. The van der Waals surface area contributed by atoms with Crippen LogP contribution >= 0.6 is 0 Å². The highest BCUT2D eigenvalue weighted by molar-refractivity contribution is 6.18. The molecule has 1 amide bonds. The summed E-state index contributed by atoms with van der Waals surface area (Å²) in [6, 6.07) is 13.4. The van der Waals surface area contributed by atoms with E-state index < -0.39 is 0 Å². The molecule has 0 atom stereocenters. The molecule has 21 heavy (non-hydrogen) atoms. The number of Topliss-reactive ketones (excluding diaryl/α,β-unsaturated/α-hetero) is 1. The number of rotatable bonds is 4. The fourth-order valence-electron chi connectivity index (χ4n) is 2.11. The molecule has 0 heterocycles. The molecule has 0 saturated heterocycles. The maximum Gasteiger partial charge on any atom is 0.221 e. The van der Waals surface area contributed by atoms with Gasteiger partial charge >= 0.3 is 0 Å². The fourth-order valence-corrected chi connectivity index (χ4v) is 2.11. The number of hydrogen-bond donors (Lipinski definition) is 1. The van der Waals surface area contributed by atoms with E-state index in [0.717, 1.165) is 0 Å². The molecule has 1 N–H and O–H groups in total. The van der Waals surface area contributed by atoms with Crippen LogP contribution in [0.4, 0.5) is 5.69 Å². The van der Waals surface area contributed by atoms with Crippen LogP contribution in [0.25, 0.3) is 0 Å². The highest BCUT2D eigenvalue weighted by Crippen LogP contribution is 2.21. The zero-order chi connectivity index (χ0) is 15.4. The van der Waals surface area contributed by atoms with Crippen LogP contribution in [0.15, 0.2) is 48.5 Å². The monoisotopic (exact) mass is 281 g/mol. The van der Waals surface area contributed by atoms with E-state index in [0.29, 0.717) is 22.4 Å². The van der Waals surface area contributed by atoms with Gasteiger partial charge < -0.3 is 5.32 Å². The summed E-state index contributed by atoms with van der Waals surface area (Å²) in [5.41, 5.74) is 1.51. The number of benzene rings is 2. The minimum atomic E-state index is -0.287. The molecule has 0 aromatic heterocycles. The predicted molar refractivity (Wildman–Crippen MR) is 80.6 cm³/mol. The van der Waals surface area contributed by atoms with E-state index in [1.54, 1.807) is 48.5 Å². The van der Waals surface area contributed by atoms with Crippen molar-refractivity contribution >= 4 is 23.2 Å². The average Bonchev–Trinajstić information content (AvgIpc) is 2.46. The molecule has 106 valence electrons. The SMILES string of the molecule is CC(=O)Nc1ccccc1C(=O)c1ccccc1C(C)=O. The Morgan fingerprint density at radius 2 is 1.29 bits per heavy atom. The van der Waals surface area contributed by atoms with E-state index in [1.165, 1.54) is 13.8 Å². The van der Waals surface area contributed by atoms with Crippen LogP contribution < -0.4 is 5.32 Å². The third-order valence-electron chi connectivity index (χ3n) is 3.03. The third kappa shape index (κ3) is 3.23. The summed E-state index contributed by atoms with van der Waals surface area (Å²) >= 11 is 0. The van der Waals surface area contributed by atoms with Gasteiger partial charge in [0.1, 0.15) is 0 Å². The Labute approximate surface area is 122 Å². The molecule has 0 bridgehead atoms. The zero-order valence-corrected chi connectivity index (χ0v) is 11.8. The van der Waals surface area contributed by atoms with Crippen molar-refractivity contribution in [2.45, 2.75) is 13.8 Å². The van der Waals surface area contributed by atoms with Gasteiger partial charge in [-0.2, -0.15) is 0 Å². The first-order valence-corrected chi connectivity index (χ1v) is 6.52. The van der Waals surface area contributed by atoms with Gasteiger partial charge in [0, 0.05) is 23.6 Å². The first-order chi connectivity index (χ1) is 10.0. The molecule has 2 rings (SSSR count). The Hall–Kier alpha value is -2.75. The molecular formula is C17H15NO3. The van der Waals surface area contributed by atoms with Gasteiger partial charge in [-0.3, -0.25) is 14.4 Å². The van der Waals surface area contributed by atoms with Gasteiger partial charge in [0.05, 0.1) is 5.69 Å². The van der Waals surface area contributed by atoms with Crippen molar-refractivity contribution in [1.82, 2.24) is 0 Å². The highest BCUT2D eigenvalue weighted by Gasteiger charge is 2.18. The molecule has 0 radical (unpaired) electrons. The van der Waals surface area contributed by atoms with E-state index in [1.807, 2.05) is 0 Å². The van der Waals surface area contributed by atoms with E-state index in [9.17, 15) is 14.4 Å². The number of amides is 1. The van der Waals surface area contributed by atoms with E-state index in [2.05, 4.69) is 5.32 Å². The number of para-hydroxylation sites is 1. The van der Waals surface area contributed by atoms with Crippen LogP contribution in [-0.2, 0) is 4.79 Å². The van der Waals surface area contributed by atoms with Crippen LogP contribution in [0.1, 0.15) is 40.1 Å². The van der Waals surface area contributed by atoms with Crippen LogP contribution in [0.2, 0.25) is 0 Å². The summed E-state index contributed by atoms with van der Waals surface area (Å²) in [6.07, 6.45) is 0. The Morgan fingerprint density at radius 1 is 0.762 bits per heavy atom. The Morgan fingerprint density at radius 3 is 1.86 bits per heavy atom. The first kappa shape index (κ1) is 14.7. The third-order valence-corrected chi connectivity index (χ3v) is 3.03. The topological polar surface area (TPSA) is 63.2 Å². The molecule has 2 aromatic rings. The van der Waals surface area contributed by atoms with Crippen molar-refractivity contribution < 1.29 is 14.4 Å². The average molecular weight is 281 g/mol. The fraction of sp³-hybridized carbons (Fsp3) is 0.118. The van der Waals surface area contributed by atoms with Crippen molar-refractivity contribution in [3.63, 3.8) is 0 Å². The summed E-state index contributed by atoms with van der Waals surface area (Å²) in [5.74, 6) is -0.712. The van der Waals surface area contributed by atoms with Crippen LogP contribution in [0.3, 0.4) is 0 Å². The number of carbonyl (C=O) groups is 3. The largest absolute Gasteiger partial charge is 0.326 e. The normalized spacial score (nSPS) is 10.0. The standard InChI is InChI=1S/C17H15NO3/c1-11(19)13-7-3-4-8-14(13)17(21)15-9-5-6-10-16(15)18-12(2)20/h3-10H,1-2H3,(H,18,20). The van der Waals surface area contributed by atoms with Crippen molar-refractivity contribution in [3.05, 3.63) is 65.2 Å². The molecule has 0 spiro atoms. The minimum absolute atomic E-state index is 0.170. The first-order valence-electron chi connectivity index (χ1n) is 6.52. The molecular weight excluding hydrogens is 266 g/mol. The molecule has 2 aromatic carbocycles. The summed E-state index contributed by atoms with van der Waals surface area (Å²) in [7, 11) is 0. The Bertz CT molecular complexity index is 719. The van der Waals surface area contributed by atoms with Crippen molar-refractivity contribution in [2.75, 3.05) is 5.32 Å². The summed E-state index contributed by atoms with van der Waals surface area (Å²) < 4.78 is 0. The second-order valence-corrected chi connectivity index (χ2v) is 4.66. The zero-order valence-electron chi connectivity index (χ0n) is 11.8. The maximum absolute atomic E-state index is 12.7. The van der Waals surface area contributed by atoms with Crippen molar-refractivity contribution in [3.8, 4) is 0 Å². The second kappa shape index (κ2) is 6.13. The van der Waals surface area contributed by atoms with Gasteiger partial charge in [-0.15, -0.1) is 0 Å². The van der Waals surface area contributed by atoms with E-state index in [-0.39, 0.29) is 17.5 Å². The molecule has 0 saturated carbocycles. The van der Waals surface area contributed by atoms with E-state index >= 15 is 0 Å². The second-order valence-electron chi connectivity index (χ2n) is 4.66. The number of hydrogen-bond acceptors (Lipinski definition) is 3. The van der Waals surface area contributed by atoms with Crippen LogP contribution in [0, 0.1) is 0 Å². The lowest BCUT2D eigenvalue weighted by Crippen LogP contribution is -2.13. The Balaban J connectivity index is 2.51. The quantitative estimate of drug-likeness (QED) is 0.876. The van der Waals surface area contributed by atoms with Crippen molar-refractivity contribution in [2.24, 2.45) is 0 Å². The molecule has 0 unspecified atom stereocenters. The molecule has 0 aliphatic carbocycles. The van der Waals surface area contributed by atoms with Gasteiger partial charge in [0.25, 0.3) is 0 Å².